The fourth-order valence-corrected chi connectivity index (χ4v) is 2.48. The van der Waals surface area contributed by atoms with Crippen molar-refractivity contribution in [3.8, 4) is 0 Å². The zero-order valence-corrected chi connectivity index (χ0v) is 10.2. The molecule has 2 fully saturated rings. The molecule has 2 aliphatic rings. The molecule has 1 aliphatic heterocycles. The molecule has 1 aromatic rings. The van der Waals surface area contributed by atoms with Gasteiger partial charge in [-0.2, -0.15) is 5.10 Å². The Morgan fingerprint density at radius 3 is 3.00 bits per heavy atom. The first-order valence-corrected chi connectivity index (χ1v) is 6.44. The van der Waals surface area contributed by atoms with E-state index in [4.69, 9.17) is 10.1 Å². The van der Waals surface area contributed by atoms with Crippen LogP contribution in [0.2, 0.25) is 0 Å². The molecule has 1 aliphatic carbocycles. The third-order valence-electron chi connectivity index (χ3n) is 3.81. The highest BCUT2D eigenvalue weighted by Crippen LogP contribution is 2.36. The van der Waals surface area contributed by atoms with E-state index >= 15 is 0 Å². The monoisotopic (exact) mass is 233 g/mol. The maximum absolute atomic E-state index is 7.75. The summed E-state index contributed by atoms with van der Waals surface area (Å²) in [5.74, 6) is 0.387. The van der Waals surface area contributed by atoms with Crippen LogP contribution in [0.3, 0.4) is 0 Å². The second-order valence-electron chi connectivity index (χ2n) is 5.25. The van der Waals surface area contributed by atoms with Crippen molar-refractivity contribution < 1.29 is 4.74 Å². The SMILES string of the molecule is CC(=N)[C@H]1CCO[C@@H](c2cnn(C3CC3)c2)C1. The molecule has 0 amide bonds. The number of hydrogen-bond donors (Lipinski definition) is 1. The molecular formula is C13H19N3O. The molecule has 17 heavy (non-hydrogen) atoms. The van der Waals surface area contributed by atoms with Gasteiger partial charge >= 0.3 is 0 Å². The van der Waals surface area contributed by atoms with E-state index in [0.717, 1.165) is 25.2 Å². The minimum atomic E-state index is 0.140. The molecule has 0 radical (unpaired) electrons. The van der Waals surface area contributed by atoms with Crippen LogP contribution < -0.4 is 0 Å². The third kappa shape index (κ3) is 2.27. The van der Waals surface area contributed by atoms with Crippen LogP contribution >= 0.6 is 0 Å². The van der Waals surface area contributed by atoms with Crippen LogP contribution in [0.25, 0.3) is 0 Å². The van der Waals surface area contributed by atoms with Crippen molar-refractivity contribution in [2.75, 3.05) is 6.61 Å². The van der Waals surface area contributed by atoms with Crippen molar-refractivity contribution in [1.29, 1.82) is 5.41 Å². The quantitative estimate of drug-likeness (QED) is 0.816. The molecule has 0 spiro atoms. The Kier molecular flexibility index (Phi) is 2.74. The van der Waals surface area contributed by atoms with Gasteiger partial charge in [-0.25, -0.2) is 0 Å². The Bertz CT molecular complexity index is 422. The van der Waals surface area contributed by atoms with Crippen LogP contribution in [-0.4, -0.2) is 22.1 Å². The van der Waals surface area contributed by atoms with E-state index < -0.39 is 0 Å². The second kappa shape index (κ2) is 4.26. The van der Waals surface area contributed by atoms with Gasteiger partial charge < -0.3 is 10.1 Å². The van der Waals surface area contributed by atoms with Gasteiger partial charge in [-0.05, 0) is 32.6 Å². The second-order valence-corrected chi connectivity index (χ2v) is 5.25. The third-order valence-corrected chi connectivity index (χ3v) is 3.81. The number of nitrogens with one attached hydrogen (secondary N) is 1. The average molecular weight is 233 g/mol. The number of nitrogens with zero attached hydrogens (tertiary/aromatic N) is 2. The summed E-state index contributed by atoms with van der Waals surface area (Å²) in [6.07, 6.45) is 8.65. The summed E-state index contributed by atoms with van der Waals surface area (Å²) in [6, 6.07) is 0.632. The summed E-state index contributed by atoms with van der Waals surface area (Å²) in [4.78, 5) is 0. The van der Waals surface area contributed by atoms with Crippen LogP contribution in [0.1, 0.15) is 50.3 Å². The van der Waals surface area contributed by atoms with Crippen molar-refractivity contribution in [3.63, 3.8) is 0 Å². The lowest BCUT2D eigenvalue weighted by atomic mass is 9.90. The largest absolute Gasteiger partial charge is 0.373 e. The highest BCUT2D eigenvalue weighted by molar-refractivity contribution is 5.81. The van der Waals surface area contributed by atoms with Crippen molar-refractivity contribution in [2.24, 2.45) is 5.92 Å². The lowest BCUT2D eigenvalue weighted by molar-refractivity contribution is 0.00259. The molecule has 1 saturated heterocycles. The predicted molar refractivity (Wildman–Crippen MR) is 65.3 cm³/mol. The van der Waals surface area contributed by atoms with Crippen molar-refractivity contribution in [3.05, 3.63) is 18.0 Å². The van der Waals surface area contributed by atoms with Gasteiger partial charge in [-0.1, -0.05) is 0 Å². The summed E-state index contributed by atoms with van der Waals surface area (Å²) in [5.41, 5.74) is 1.97. The van der Waals surface area contributed by atoms with Gasteiger partial charge in [0.1, 0.15) is 0 Å². The molecule has 4 nitrogen and oxygen atoms in total. The zero-order chi connectivity index (χ0) is 11.8. The molecule has 4 heteroatoms. The molecule has 3 rings (SSSR count). The van der Waals surface area contributed by atoms with Crippen molar-refractivity contribution >= 4 is 5.71 Å². The fourth-order valence-electron chi connectivity index (χ4n) is 2.48. The summed E-state index contributed by atoms with van der Waals surface area (Å²) >= 11 is 0. The number of hydrogen-bond acceptors (Lipinski definition) is 3. The normalized spacial score (nSPS) is 29.2. The Labute approximate surface area is 101 Å². The van der Waals surface area contributed by atoms with Gasteiger partial charge in [0.25, 0.3) is 0 Å². The number of aromatic nitrogens is 2. The van der Waals surface area contributed by atoms with Crippen LogP contribution in [0.4, 0.5) is 0 Å². The van der Waals surface area contributed by atoms with Crippen LogP contribution in [0.5, 0.6) is 0 Å². The summed E-state index contributed by atoms with van der Waals surface area (Å²) in [5, 5.41) is 12.2. The number of rotatable bonds is 3. The van der Waals surface area contributed by atoms with E-state index in [1.165, 1.54) is 18.4 Å². The minimum Gasteiger partial charge on any atom is -0.373 e. The maximum Gasteiger partial charge on any atom is 0.0861 e. The number of ether oxygens (including phenoxy) is 1. The van der Waals surface area contributed by atoms with Gasteiger partial charge in [0.05, 0.1) is 18.3 Å². The lowest BCUT2D eigenvalue weighted by Gasteiger charge is -2.28. The molecule has 0 bridgehead atoms. The molecule has 2 heterocycles. The Morgan fingerprint density at radius 1 is 1.47 bits per heavy atom. The highest BCUT2D eigenvalue weighted by Gasteiger charge is 2.28. The zero-order valence-electron chi connectivity index (χ0n) is 10.2. The summed E-state index contributed by atoms with van der Waals surface area (Å²) in [7, 11) is 0. The first-order valence-electron chi connectivity index (χ1n) is 6.44. The molecule has 0 aromatic carbocycles. The molecule has 0 unspecified atom stereocenters. The van der Waals surface area contributed by atoms with Gasteiger partial charge in [0.2, 0.25) is 0 Å². The standard InChI is InChI=1S/C13H19N3O/c1-9(14)10-4-5-17-13(6-10)11-7-15-16(8-11)12-2-3-12/h7-8,10,12-14H,2-6H2,1H3/t10-,13+/m0/s1. The topological polar surface area (TPSA) is 50.9 Å². The van der Waals surface area contributed by atoms with Gasteiger partial charge in [-0.15, -0.1) is 0 Å². The fraction of sp³-hybridized carbons (Fsp3) is 0.692. The molecule has 1 saturated carbocycles. The highest BCUT2D eigenvalue weighted by atomic mass is 16.5. The van der Waals surface area contributed by atoms with Crippen molar-refractivity contribution in [2.45, 2.75) is 44.8 Å². The first kappa shape index (κ1) is 11.0. The molecule has 1 aromatic heterocycles. The van der Waals surface area contributed by atoms with Crippen LogP contribution in [0, 0.1) is 11.3 Å². The molecule has 92 valence electrons. The molecule has 2 atom stereocenters. The lowest BCUT2D eigenvalue weighted by Crippen LogP contribution is -2.23. The average Bonchev–Trinajstić information content (AvgIpc) is 3.07. The van der Waals surface area contributed by atoms with Gasteiger partial charge in [-0.3, -0.25) is 4.68 Å². The van der Waals surface area contributed by atoms with E-state index in [0.29, 0.717) is 12.0 Å². The Balaban J connectivity index is 1.71. The van der Waals surface area contributed by atoms with Crippen LogP contribution in [-0.2, 0) is 4.74 Å². The first-order chi connectivity index (χ1) is 8.24. The van der Waals surface area contributed by atoms with E-state index in [-0.39, 0.29) is 6.10 Å². The minimum absolute atomic E-state index is 0.140. The maximum atomic E-state index is 7.75. The van der Waals surface area contributed by atoms with E-state index in [1.54, 1.807) is 0 Å². The van der Waals surface area contributed by atoms with Crippen LogP contribution in [0.15, 0.2) is 12.4 Å². The predicted octanol–water partition coefficient (Wildman–Crippen LogP) is 2.73. The summed E-state index contributed by atoms with van der Waals surface area (Å²) < 4.78 is 7.88. The van der Waals surface area contributed by atoms with Gasteiger partial charge in [0, 0.05) is 30.0 Å². The molecule has 1 N–H and O–H groups in total. The van der Waals surface area contributed by atoms with Crippen molar-refractivity contribution in [1.82, 2.24) is 9.78 Å². The Hall–Kier alpha value is -1.16. The summed E-state index contributed by atoms with van der Waals surface area (Å²) in [6.45, 7) is 2.67. The smallest absolute Gasteiger partial charge is 0.0861 e. The van der Waals surface area contributed by atoms with E-state index in [9.17, 15) is 0 Å². The van der Waals surface area contributed by atoms with E-state index in [1.807, 2.05) is 13.1 Å². The Morgan fingerprint density at radius 2 is 2.29 bits per heavy atom. The molecular weight excluding hydrogens is 214 g/mol. The van der Waals surface area contributed by atoms with Gasteiger partial charge in [0.15, 0.2) is 0 Å². The van der Waals surface area contributed by atoms with E-state index in [2.05, 4.69) is 16.0 Å².